The van der Waals surface area contributed by atoms with Crippen LogP contribution in [0.5, 0.6) is 0 Å². The van der Waals surface area contributed by atoms with E-state index in [0.717, 1.165) is 25.7 Å². The van der Waals surface area contributed by atoms with Gasteiger partial charge in [-0.15, -0.1) is 0 Å². The van der Waals surface area contributed by atoms with Crippen molar-refractivity contribution in [2.24, 2.45) is 0 Å². The van der Waals surface area contributed by atoms with Gasteiger partial charge in [0.05, 0.1) is 0 Å². The summed E-state index contributed by atoms with van der Waals surface area (Å²) in [5.74, 6) is 0. The van der Waals surface area contributed by atoms with Gasteiger partial charge in [0.1, 0.15) is 0 Å². The molecule has 0 aliphatic carbocycles. The predicted molar refractivity (Wildman–Crippen MR) is 40.4 cm³/mol. The number of hydrogen-bond donors (Lipinski definition) is 1. The molecule has 54 valence electrons. The summed E-state index contributed by atoms with van der Waals surface area (Å²) in [5, 5.41) is 8.41. The third-order valence-corrected chi connectivity index (χ3v) is 1.07. The lowest BCUT2D eigenvalue weighted by molar-refractivity contribution is 0.289. The molecule has 0 saturated carbocycles. The smallest absolute Gasteiger partial charge is 0.0433 e. The van der Waals surface area contributed by atoms with E-state index in [9.17, 15) is 0 Å². The van der Waals surface area contributed by atoms with Crippen molar-refractivity contribution in [1.82, 2.24) is 0 Å². The van der Waals surface area contributed by atoms with Gasteiger partial charge >= 0.3 is 0 Å². The van der Waals surface area contributed by atoms with Crippen molar-refractivity contribution in [3.63, 3.8) is 0 Å². The molecule has 0 radical (unpaired) electrons. The molecule has 0 aromatic heterocycles. The van der Waals surface area contributed by atoms with E-state index in [1.807, 2.05) is 0 Å². The fourth-order valence-electron chi connectivity index (χ4n) is 0.563. The zero-order valence-corrected chi connectivity index (χ0v) is 5.84. The second-order valence-electron chi connectivity index (χ2n) is 1.98. The molecule has 1 heteroatoms. The van der Waals surface area contributed by atoms with Crippen LogP contribution >= 0.6 is 0 Å². The maximum absolute atomic E-state index is 8.41. The van der Waals surface area contributed by atoms with Crippen molar-refractivity contribution < 1.29 is 6.48 Å². The van der Waals surface area contributed by atoms with E-state index in [1.54, 1.807) is 0 Å². The highest BCUT2D eigenvalue weighted by Crippen LogP contribution is 1.93. The Morgan fingerprint density at radius 3 is 2.89 bits per heavy atom. The summed E-state index contributed by atoms with van der Waals surface area (Å²) in [6.45, 7) is 0.799. The summed E-state index contributed by atoms with van der Waals surface area (Å²) in [6.07, 6.45) is 7.95. The van der Waals surface area contributed by atoms with Gasteiger partial charge in [-0.1, -0.05) is 25.5 Å². The summed E-state index contributed by atoms with van der Waals surface area (Å²) in [4.78, 5) is 0. The molecule has 0 aromatic carbocycles. The van der Waals surface area contributed by atoms with Gasteiger partial charge in [-0.2, -0.15) is 0 Å². The van der Waals surface area contributed by atoms with Crippen LogP contribution < -0.4 is 0 Å². The molecule has 0 fully saturated rings. The molecule has 1 N–H and O–H groups in total. The van der Waals surface area contributed by atoms with E-state index < -0.39 is 0 Å². The predicted octanol–water partition coefficient (Wildman–Crippen LogP) is 2.12. The highest BCUT2D eigenvalue weighted by molar-refractivity contribution is 4.80. The summed E-state index contributed by atoms with van der Waals surface area (Å²) < 4.78 is 6.85. The Bertz CT molecular complexity index is 71.3. The van der Waals surface area contributed by atoms with E-state index >= 15 is 0 Å². The van der Waals surface area contributed by atoms with Gasteiger partial charge in [0.25, 0.3) is 0 Å². The topological polar surface area (TPSA) is 20.2 Å². The number of rotatable bonds is 5. The Labute approximate surface area is 58.8 Å². The standard InChI is InChI=1S/C8H16O/c1-2-3-4-5-6-7-8-9/h4-5,9H,2-3,6-8H2,1H3/b5-4-/i1T. The Morgan fingerprint density at radius 2 is 2.22 bits per heavy atom. The zero-order valence-electron chi connectivity index (χ0n) is 6.84. The van der Waals surface area contributed by atoms with Crippen LogP contribution in [0.1, 0.15) is 34.0 Å². The Morgan fingerprint density at radius 1 is 1.44 bits per heavy atom. The lowest BCUT2D eigenvalue weighted by atomic mass is 10.2. The van der Waals surface area contributed by atoms with E-state index in [-0.39, 0.29) is 6.61 Å². The SMILES string of the molecule is [3H]CCC/C=C\CCCO. The minimum atomic E-state index is 0.281. The average Bonchev–Trinajstić information content (AvgIpc) is 1.97. The average molecular weight is 130 g/mol. The fraction of sp³-hybridized carbons (Fsp3) is 0.750. The van der Waals surface area contributed by atoms with Gasteiger partial charge in [-0.3, -0.25) is 0 Å². The Kier molecular flexibility index (Phi) is 5.83. The summed E-state index contributed by atoms with van der Waals surface area (Å²) in [6, 6.07) is 0. The van der Waals surface area contributed by atoms with Gasteiger partial charge in [0.2, 0.25) is 0 Å². The molecule has 0 rings (SSSR count). The third kappa shape index (κ3) is 7.70. The largest absolute Gasteiger partial charge is 0.396 e. The highest BCUT2D eigenvalue weighted by atomic mass is 16.2. The molecular formula is C8H16O. The fourth-order valence-corrected chi connectivity index (χ4v) is 0.563. The number of hydrogen-bond acceptors (Lipinski definition) is 1. The number of aliphatic hydroxyl groups is 1. The molecule has 0 aliphatic heterocycles. The second kappa shape index (κ2) is 7.70. The van der Waals surface area contributed by atoms with Crippen LogP contribution in [-0.4, -0.2) is 11.7 Å². The summed E-state index contributed by atoms with van der Waals surface area (Å²) in [5.41, 5.74) is 0. The van der Waals surface area contributed by atoms with Crippen molar-refractivity contribution >= 4 is 0 Å². The summed E-state index contributed by atoms with van der Waals surface area (Å²) >= 11 is 0. The van der Waals surface area contributed by atoms with Gasteiger partial charge in [-0.25, -0.2) is 0 Å². The molecule has 0 heterocycles. The van der Waals surface area contributed by atoms with Gasteiger partial charge in [-0.05, 0) is 19.3 Å². The van der Waals surface area contributed by atoms with Crippen LogP contribution in [0.2, 0.25) is 0 Å². The van der Waals surface area contributed by atoms with Crippen LogP contribution in [-0.2, 0) is 0 Å². The van der Waals surface area contributed by atoms with Crippen LogP contribution in [0.25, 0.3) is 0 Å². The maximum Gasteiger partial charge on any atom is 0.0433 e. The molecule has 1 nitrogen and oxygen atoms in total. The van der Waals surface area contributed by atoms with Crippen molar-refractivity contribution in [2.45, 2.75) is 32.6 Å². The summed E-state index contributed by atoms with van der Waals surface area (Å²) in [7, 11) is 0. The molecule has 0 unspecified atom stereocenters. The van der Waals surface area contributed by atoms with Crippen LogP contribution in [0, 0.1) is 0 Å². The van der Waals surface area contributed by atoms with Crippen molar-refractivity contribution in [1.29, 1.82) is 0 Å². The normalized spacial score (nSPS) is 12.3. The van der Waals surface area contributed by atoms with Gasteiger partial charge < -0.3 is 5.11 Å². The molecule has 0 spiro atoms. The molecule has 0 atom stereocenters. The van der Waals surface area contributed by atoms with E-state index in [4.69, 9.17) is 6.48 Å². The molecule has 0 amide bonds. The van der Waals surface area contributed by atoms with Crippen LogP contribution in [0.4, 0.5) is 0 Å². The first-order valence-electron chi connectivity index (χ1n) is 4.17. The minimum Gasteiger partial charge on any atom is -0.396 e. The molecule has 0 saturated heterocycles. The number of aliphatic hydroxyl groups excluding tert-OH is 1. The first-order valence-corrected chi connectivity index (χ1v) is 3.47. The quantitative estimate of drug-likeness (QED) is 0.446. The van der Waals surface area contributed by atoms with Crippen molar-refractivity contribution in [3.05, 3.63) is 12.2 Å². The molecule has 0 aromatic rings. The van der Waals surface area contributed by atoms with Crippen molar-refractivity contribution in [2.75, 3.05) is 6.61 Å². The van der Waals surface area contributed by atoms with Crippen LogP contribution in [0.3, 0.4) is 0 Å². The zero-order chi connectivity index (χ0) is 7.66. The van der Waals surface area contributed by atoms with E-state index in [2.05, 4.69) is 12.2 Å². The number of allylic oxidation sites excluding steroid dienone is 2. The molecule has 0 aliphatic rings. The minimum absolute atomic E-state index is 0.281. The lowest BCUT2D eigenvalue weighted by Gasteiger charge is -1.87. The number of unbranched alkanes of at least 4 members (excludes halogenated alkanes) is 2. The van der Waals surface area contributed by atoms with E-state index in [1.165, 1.54) is 0 Å². The lowest BCUT2D eigenvalue weighted by Crippen LogP contribution is -1.77. The molecular weight excluding hydrogens is 112 g/mol. The first kappa shape index (κ1) is 6.81. The molecule has 9 heavy (non-hydrogen) atoms. The Balaban J connectivity index is 2.89. The van der Waals surface area contributed by atoms with E-state index in [0.29, 0.717) is 6.90 Å². The third-order valence-electron chi connectivity index (χ3n) is 1.07. The van der Waals surface area contributed by atoms with Crippen LogP contribution in [0.15, 0.2) is 12.2 Å². The highest BCUT2D eigenvalue weighted by Gasteiger charge is 1.77. The van der Waals surface area contributed by atoms with Crippen molar-refractivity contribution in [3.8, 4) is 0 Å². The maximum atomic E-state index is 8.41. The Hall–Kier alpha value is -0.300. The first-order chi connectivity index (χ1) is 4.91. The van der Waals surface area contributed by atoms with Gasteiger partial charge in [0.15, 0.2) is 0 Å². The second-order valence-corrected chi connectivity index (χ2v) is 1.98. The molecule has 0 bridgehead atoms. The van der Waals surface area contributed by atoms with Gasteiger partial charge in [0, 0.05) is 7.98 Å². The monoisotopic (exact) mass is 130 g/mol.